The van der Waals surface area contributed by atoms with Gasteiger partial charge >= 0.3 is 6.03 Å². The lowest BCUT2D eigenvalue weighted by Crippen LogP contribution is -2.41. The number of non-ortho nitro benzene ring substituents is 1. The van der Waals surface area contributed by atoms with E-state index in [1.165, 1.54) is 18.2 Å². The molecule has 0 saturated heterocycles. The van der Waals surface area contributed by atoms with Crippen molar-refractivity contribution in [3.05, 3.63) is 64.2 Å². The quantitative estimate of drug-likeness (QED) is 0.323. The fraction of sp³-hybridized carbons (Fsp3) is 0.222. The van der Waals surface area contributed by atoms with E-state index in [1.807, 2.05) is 30.3 Å². The molecule has 148 valence electrons. The molecule has 2 aromatic carbocycles. The number of amides is 3. The van der Waals surface area contributed by atoms with Gasteiger partial charge in [-0.2, -0.15) is 0 Å². The molecule has 10 heteroatoms. The monoisotopic (exact) mass is 387 g/mol. The second kappa shape index (κ2) is 10.5. The van der Waals surface area contributed by atoms with Crippen molar-refractivity contribution in [1.29, 1.82) is 0 Å². The first-order chi connectivity index (χ1) is 13.5. The standard InChI is InChI=1S/C18H21N5O5/c24-9-8-19-15-7-6-14(23(27)28)10-16(15)20-12-17(25)22-18(26)21-11-13-4-2-1-3-5-13/h1-7,10,19-20,24H,8-9,11-12H2,(H2,21,22,25,26). The van der Waals surface area contributed by atoms with Crippen molar-refractivity contribution in [3.63, 3.8) is 0 Å². The predicted molar refractivity (Wildman–Crippen MR) is 104 cm³/mol. The molecule has 5 N–H and O–H groups in total. The van der Waals surface area contributed by atoms with Crippen molar-refractivity contribution < 1.29 is 19.6 Å². The number of aliphatic hydroxyl groups excluding tert-OH is 1. The molecule has 0 aliphatic rings. The van der Waals surface area contributed by atoms with Gasteiger partial charge in [-0.1, -0.05) is 30.3 Å². The van der Waals surface area contributed by atoms with E-state index in [4.69, 9.17) is 5.11 Å². The molecule has 0 aliphatic carbocycles. The number of rotatable bonds is 9. The van der Waals surface area contributed by atoms with Gasteiger partial charge in [0.1, 0.15) is 0 Å². The van der Waals surface area contributed by atoms with E-state index in [1.54, 1.807) is 0 Å². The van der Waals surface area contributed by atoms with Gasteiger partial charge in [0.05, 0.1) is 29.4 Å². The zero-order valence-electron chi connectivity index (χ0n) is 15.0. The number of nitrogens with zero attached hydrogens (tertiary/aromatic N) is 1. The fourth-order valence-electron chi connectivity index (χ4n) is 2.31. The van der Waals surface area contributed by atoms with E-state index in [0.717, 1.165) is 5.56 Å². The summed E-state index contributed by atoms with van der Waals surface area (Å²) in [6.07, 6.45) is 0. The van der Waals surface area contributed by atoms with Crippen LogP contribution in [0.5, 0.6) is 0 Å². The van der Waals surface area contributed by atoms with Gasteiger partial charge in [-0.15, -0.1) is 0 Å². The summed E-state index contributed by atoms with van der Waals surface area (Å²) in [6.45, 7) is 0.111. The van der Waals surface area contributed by atoms with E-state index in [-0.39, 0.29) is 31.9 Å². The predicted octanol–water partition coefficient (Wildman–Crippen LogP) is 1.44. The third kappa shape index (κ3) is 6.57. The minimum atomic E-state index is -0.645. The van der Waals surface area contributed by atoms with Crippen LogP contribution in [0.25, 0.3) is 0 Å². The van der Waals surface area contributed by atoms with Crippen LogP contribution < -0.4 is 21.3 Å². The molecular weight excluding hydrogens is 366 g/mol. The van der Waals surface area contributed by atoms with E-state index >= 15 is 0 Å². The highest BCUT2D eigenvalue weighted by atomic mass is 16.6. The third-order valence-electron chi connectivity index (χ3n) is 3.63. The van der Waals surface area contributed by atoms with E-state index in [9.17, 15) is 19.7 Å². The SMILES string of the molecule is O=C(CNc1cc([N+](=O)[O-])ccc1NCCO)NC(=O)NCc1ccccc1. The smallest absolute Gasteiger partial charge is 0.321 e. The van der Waals surface area contributed by atoms with Gasteiger partial charge in [0, 0.05) is 25.2 Å². The van der Waals surface area contributed by atoms with Gasteiger partial charge < -0.3 is 21.1 Å². The second-order valence-corrected chi connectivity index (χ2v) is 5.71. The van der Waals surface area contributed by atoms with Crippen LogP contribution in [0.3, 0.4) is 0 Å². The lowest BCUT2D eigenvalue weighted by Gasteiger charge is -2.13. The number of aliphatic hydroxyl groups is 1. The molecule has 2 rings (SSSR count). The van der Waals surface area contributed by atoms with Crippen LogP contribution in [0.2, 0.25) is 0 Å². The Hall–Kier alpha value is -3.66. The Kier molecular flexibility index (Phi) is 7.73. The van der Waals surface area contributed by atoms with Crippen LogP contribution in [0, 0.1) is 10.1 Å². The average molecular weight is 387 g/mol. The zero-order valence-corrected chi connectivity index (χ0v) is 15.0. The second-order valence-electron chi connectivity index (χ2n) is 5.71. The molecule has 0 heterocycles. The summed E-state index contributed by atoms with van der Waals surface area (Å²) < 4.78 is 0. The van der Waals surface area contributed by atoms with Crippen LogP contribution in [0.15, 0.2) is 48.5 Å². The summed E-state index contributed by atoms with van der Waals surface area (Å²) in [5, 5.41) is 30.2. The number of benzene rings is 2. The Morgan fingerprint density at radius 3 is 2.46 bits per heavy atom. The first-order valence-corrected chi connectivity index (χ1v) is 8.48. The molecule has 0 atom stereocenters. The van der Waals surface area contributed by atoms with Crippen molar-refractivity contribution in [3.8, 4) is 0 Å². The highest BCUT2D eigenvalue weighted by molar-refractivity contribution is 5.96. The number of carbonyl (C=O) groups excluding carboxylic acids is 2. The number of nitro benzene ring substituents is 1. The number of nitro groups is 1. The van der Waals surface area contributed by atoms with Crippen LogP contribution >= 0.6 is 0 Å². The van der Waals surface area contributed by atoms with Crippen LogP contribution in [0.1, 0.15) is 5.56 Å². The summed E-state index contributed by atoms with van der Waals surface area (Å²) >= 11 is 0. The number of nitrogens with one attached hydrogen (secondary N) is 4. The topological polar surface area (TPSA) is 146 Å². The number of anilines is 2. The highest BCUT2D eigenvalue weighted by Crippen LogP contribution is 2.26. The van der Waals surface area contributed by atoms with Crippen LogP contribution in [-0.2, 0) is 11.3 Å². The molecule has 3 amide bonds. The molecule has 0 saturated carbocycles. The maximum absolute atomic E-state index is 12.0. The normalized spacial score (nSPS) is 10.0. The van der Waals surface area contributed by atoms with Crippen LogP contribution in [-0.4, -0.2) is 41.7 Å². The van der Waals surface area contributed by atoms with E-state index in [2.05, 4.69) is 21.3 Å². The largest absolute Gasteiger partial charge is 0.395 e. The Balaban J connectivity index is 1.89. The number of hydrogen-bond donors (Lipinski definition) is 5. The lowest BCUT2D eigenvalue weighted by atomic mass is 10.2. The molecule has 28 heavy (non-hydrogen) atoms. The third-order valence-corrected chi connectivity index (χ3v) is 3.63. The Labute approximate surface area is 161 Å². The molecule has 0 aliphatic heterocycles. The van der Waals surface area contributed by atoms with E-state index < -0.39 is 16.9 Å². The maximum Gasteiger partial charge on any atom is 0.321 e. The number of urea groups is 1. The van der Waals surface area contributed by atoms with Gasteiger partial charge in [-0.25, -0.2) is 4.79 Å². The Bertz CT molecular complexity index is 828. The molecule has 0 fully saturated rings. The minimum Gasteiger partial charge on any atom is -0.395 e. The van der Waals surface area contributed by atoms with E-state index in [0.29, 0.717) is 11.4 Å². The Morgan fingerprint density at radius 1 is 1.04 bits per heavy atom. The molecule has 0 radical (unpaired) electrons. The zero-order chi connectivity index (χ0) is 20.4. The van der Waals surface area contributed by atoms with Gasteiger partial charge in [0.15, 0.2) is 0 Å². The minimum absolute atomic E-state index is 0.126. The highest BCUT2D eigenvalue weighted by Gasteiger charge is 2.13. The molecular formula is C18H21N5O5. The molecule has 2 aromatic rings. The van der Waals surface area contributed by atoms with Crippen molar-refractivity contribution in [1.82, 2.24) is 10.6 Å². The van der Waals surface area contributed by atoms with Crippen LogP contribution in [0.4, 0.5) is 21.9 Å². The number of carbonyl (C=O) groups is 2. The van der Waals surface area contributed by atoms with Gasteiger partial charge in [-0.3, -0.25) is 20.2 Å². The van der Waals surface area contributed by atoms with Gasteiger partial charge in [0.2, 0.25) is 5.91 Å². The summed E-state index contributed by atoms with van der Waals surface area (Å²) in [6, 6.07) is 12.6. The fourth-order valence-corrected chi connectivity index (χ4v) is 2.31. The summed E-state index contributed by atoms with van der Waals surface area (Å²) in [5.74, 6) is -0.606. The van der Waals surface area contributed by atoms with Gasteiger partial charge in [0.25, 0.3) is 5.69 Å². The average Bonchev–Trinajstić information content (AvgIpc) is 2.70. The lowest BCUT2D eigenvalue weighted by molar-refractivity contribution is -0.384. The Morgan fingerprint density at radius 2 is 1.79 bits per heavy atom. The molecule has 0 unspecified atom stereocenters. The summed E-state index contributed by atoms with van der Waals surface area (Å²) in [4.78, 5) is 34.1. The molecule has 0 spiro atoms. The number of hydrogen-bond acceptors (Lipinski definition) is 7. The van der Waals surface area contributed by atoms with Crippen molar-refractivity contribution in [2.75, 3.05) is 30.3 Å². The van der Waals surface area contributed by atoms with Crippen molar-refractivity contribution in [2.45, 2.75) is 6.54 Å². The van der Waals surface area contributed by atoms with Gasteiger partial charge in [-0.05, 0) is 11.6 Å². The van der Waals surface area contributed by atoms with Crippen molar-refractivity contribution in [2.24, 2.45) is 0 Å². The first-order valence-electron chi connectivity index (χ1n) is 8.48. The summed E-state index contributed by atoms with van der Waals surface area (Å²) in [5.41, 5.74) is 1.53. The molecule has 0 aromatic heterocycles. The maximum atomic E-state index is 12.0. The molecule has 0 bridgehead atoms. The number of imide groups is 1. The summed E-state index contributed by atoms with van der Waals surface area (Å²) in [7, 11) is 0. The molecule has 10 nitrogen and oxygen atoms in total. The van der Waals surface area contributed by atoms with Crippen molar-refractivity contribution >= 4 is 29.0 Å². The first kappa shape index (κ1) is 20.6.